The minimum absolute atomic E-state index is 0.0453. The molecule has 7 nitrogen and oxygen atoms in total. The molecule has 0 radical (unpaired) electrons. The van der Waals surface area contributed by atoms with Gasteiger partial charge in [0.2, 0.25) is 11.8 Å². The molecule has 35 heavy (non-hydrogen) atoms. The van der Waals surface area contributed by atoms with E-state index < -0.39 is 6.04 Å². The maximum absolute atomic E-state index is 12.4. The molecule has 180 valence electrons. The number of carbonyl (C=O) groups excluding carboxylic acids is 2. The molecular formula is C28H29N3O4. The number of methoxy groups -OCH3 is 1. The van der Waals surface area contributed by atoms with Gasteiger partial charge in [0.05, 0.1) is 13.7 Å². The van der Waals surface area contributed by atoms with Gasteiger partial charge >= 0.3 is 5.97 Å². The van der Waals surface area contributed by atoms with Crippen molar-refractivity contribution >= 4 is 11.9 Å². The van der Waals surface area contributed by atoms with Crippen LogP contribution in [0.4, 0.5) is 0 Å². The van der Waals surface area contributed by atoms with Gasteiger partial charge in [-0.15, -0.1) is 0 Å². The van der Waals surface area contributed by atoms with Crippen LogP contribution < -0.4 is 0 Å². The lowest BCUT2D eigenvalue weighted by Crippen LogP contribution is -2.28. The molecule has 4 rings (SSSR count). The first-order chi connectivity index (χ1) is 16.9. The molecule has 2 heterocycles. The number of benzene rings is 2. The van der Waals surface area contributed by atoms with Crippen LogP contribution in [0.5, 0.6) is 0 Å². The van der Waals surface area contributed by atoms with Gasteiger partial charge in [-0.2, -0.15) is 0 Å². The number of esters is 1. The second-order valence-electron chi connectivity index (χ2n) is 8.45. The Morgan fingerprint density at radius 3 is 2.26 bits per heavy atom. The Kier molecular flexibility index (Phi) is 7.45. The van der Waals surface area contributed by atoms with E-state index in [0.717, 1.165) is 22.4 Å². The van der Waals surface area contributed by atoms with E-state index in [4.69, 9.17) is 9.15 Å². The molecule has 1 atom stereocenters. The summed E-state index contributed by atoms with van der Waals surface area (Å²) >= 11 is 0. The van der Waals surface area contributed by atoms with Gasteiger partial charge in [0.25, 0.3) is 0 Å². The first-order valence-corrected chi connectivity index (χ1v) is 11.5. The quantitative estimate of drug-likeness (QED) is 0.323. The molecule has 0 bridgehead atoms. The number of hydrogen-bond acceptors (Lipinski definition) is 5. The zero-order chi connectivity index (χ0) is 24.8. The number of nitrogens with zero attached hydrogens (tertiary/aromatic N) is 3. The van der Waals surface area contributed by atoms with Gasteiger partial charge in [0.1, 0.15) is 17.5 Å². The molecule has 1 amide bonds. The predicted octanol–water partition coefficient (Wildman–Crippen LogP) is 4.96. The summed E-state index contributed by atoms with van der Waals surface area (Å²) in [5, 5.41) is 0. The zero-order valence-electron chi connectivity index (χ0n) is 20.2. The Labute approximate surface area is 205 Å². The van der Waals surface area contributed by atoms with Crippen LogP contribution in [0.25, 0.3) is 11.5 Å². The van der Waals surface area contributed by atoms with Crippen LogP contribution in [0.1, 0.15) is 35.5 Å². The van der Waals surface area contributed by atoms with Crippen molar-refractivity contribution in [3.8, 4) is 11.5 Å². The summed E-state index contributed by atoms with van der Waals surface area (Å²) in [5.41, 5.74) is 3.64. The van der Waals surface area contributed by atoms with E-state index in [1.54, 1.807) is 11.8 Å². The number of aryl methyl sites for hydroxylation is 1. The lowest BCUT2D eigenvalue weighted by Gasteiger charge is -2.21. The molecular weight excluding hydrogens is 442 g/mol. The molecule has 0 saturated carbocycles. The van der Waals surface area contributed by atoms with Crippen LogP contribution in [0.15, 0.2) is 83.5 Å². The lowest BCUT2D eigenvalue weighted by atomic mass is 10.0. The van der Waals surface area contributed by atoms with Crippen LogP contribution in [-0.2, 0) is 33.8 Å². The number of ether oxygens (including phenoxy) is 1. The van der Waals surface area contributed by atoms with Gasteiger partial charge in [-0.1, -0.05) is 42.5 Å². The summed E-state index contributed by atoms with van der Waals surface area (Å²) in [4.78, 5) is 31.1. The average Bonchev–Trinajstić information content (AvgIpc) is 3.53. The Bertz CT molecular complexity index is 1260. The highest BCUT2D eigenvalue weighted by Crippen LogP contribution is 2.23. The van der Waals surface area contributed by atoms with Gasteiger partial charge in [-0.25, -0.2) is 9.78 Å². The van der Waals surface area contributed by atoms with Crippen LogP contribution >= 0.6 is 0 Å². The van der Waals surface area contributed by atoms with Crippen molar-refractivity contribution in [3.63, 3.8) is 0 Å². The minimum Gasteiger partial charge on any atom is -0.467 e. The second-order valence-corrected chi connectivity index (χ2v) is 8.45. The fourth-order valence-corrected chi connectivity index (χ4v) is 3.96. The van der Waals surface area contributed by atoms with Crippen molar-refractivity contribution in [1.29, 1.82) is 0 Å². The molecule has 0 spiro atoms. The van der Waals surface area contributed by atoms with Crippen molar-refractivity contribution in [2.75, 3.05) is 7.11 Å². The van der Waals surface area contributed by atoms with Crippen molar-refractivity contribution in [3.05, 3.63) is 102 Å². The summed E-state index contributed by atoms with van der Waals surface area (Å²) in [7, 11) is 1.40. The monoisotopic (exact) mass is 471 g/mol. The van der Waals surface area contributed by atoms with Crippen molar-refractivity contribution in [2.24, 2.45) is 0 Å². The first-order valence-electron chi connectivity index (χ1n) is 11.5. The number of oxazole rings is 1. The Hall–Kier alpha value is -4.13. The largest absolute Gasteiger partial charge is 0.467 e. The molecule has 0 aliphatic carbocycles. The smallest absolute Gasteiger partial charge is 0.329 e. The van der Waals surface area contributed by atoms with Gasteiger partial charge in [0.15, 0.2) is 0 Å². The molecule has 2 aromatic heterocycles. The van der Waals surface area contributed by atoms with Crippen molar-refractivity contribution < 1.29 is 18.7 Å². The summed E-state index contributed by atoms with van der Waals surface area (Å²) < 4.78 is 12.7. The summed E-state index contributed by atoms with van der Waals surface area (Å²) in [6, 6.07) is 21.0. The second kappa shape index (κ2) is 10.9. The third-order valence-corrected chi connectivity index (χ3v) is 5.99. The van der Waals surface area contributed by atoms with Crippen molar-refractivity contribution in [2.45, 2.75) is 39.4 Å². The number of carbonyl (C=O) groups is 2. The van der Waals surface area contributed by atoms with E-state index >= 15 is 0 Å². The Morgan fingerprint density at radius 1 is 0.971 bits per heavy atom. The first kappa shape index (κ1) is 24.0. The molecule has 7 heteroatoms. The number of rotatable bonds is 9. The summed E-state index contributed by atoms with van der Waals surface area (Å²) in [6.45, 7) is 4.22. The molecule has 0 fully saturated rings. The van der Waals surface area contributed by atoms with Gasteiger partial charge in [0, 0.05) is 37.8 Å². The maximum atomic E-state index is 12.4. The third-order valence-electron chi connectivity index (χ3n) is 5.99. The molecule has 0 aliphatic rings. The molecule has 0 unspecified atom stereocenters. The van der Waals surface area contributed by atoms with Crippen LogP contribution in [0.3, 0.4) is 0 Å². The van der Waals surface area contributed by atoms with E-state index in [1.165, 1.54) is 7.11 Å². The van der Waals surface area contributed by atoms with Crippen molar-refractivity contribution in [1.82, 2.24) is 14.5 Å². The van der Waals surface area contributed by atoms with Crippen LogP contribution in [0.2, 0.25) is 0 Å². The molecule has 2 aromatic carbocycles. The Morgan fingerprint density at radius 2 is 1.63 bits per heavy atom. The highest BCUT2D eigenvalue weighted by molar-refractivity contribution is 5.74. The molecule has 0 aliphatic heterocycles. The fraction of sp³-hybridized carbons (Fsp3) is 0.250. The molecule has 0 N–H and O–H groups in total. The Balaban J connectivity index is 1.45. The fourth-order valence-electron chi connectivity index (χ4n) is 3.96. The van der Waals surface area contributed by atoms with Gasteiger partial charge in [-0.05, 0) is 42.3 Å². The topological polar surface area (TPSA) is 77.6 Å². The third kappa shape index (κ3) is 5.87. The van der Waals surface area contributed by atoms with Crippen LogP contribution in [0, 0.1) is 6.92 Å². The van der Waals surface area contributed by atoms with E-state index in [-0.39, 0.29) is 11.9 Å². The SMILES string of the molecule is COC(=O)[C@H](Cc1ccc(CN(Cc2nc(-c3ccccc3)oc2C)C(C)=O)cc1)n1cccc1. The van der Waals surface area contributed by atoms with E-state index in [9.17, 15) is 9.59 Å². The normalized spacial score (nSPS) is 11.7. The number of hydrogen-bond donors (Lipinski definition) is 0. The molecule has 0 saturated heterocycles. The standard InChI is InChI=1S/C28H29N3O4/c1-20-25(29-27(35-20)24-9-5-4-6-10-24)19-31(21(2)32)18-23-13-11-22(12-14-23)17-26(28(33)34-3)30-15-7-8-16-30/h4-16,26H,17-19H2,1-3H3/t26-/m0/s1. The van der Waals surface area contributed by atoms with Crippen LogP contribution in [-0.4, -0.2) is 33.4 Å². The highest BCUT2D eigenvalue weighted by Gasteiger charge is 2.21. The predicted molar refractivity (Wildman–Crippen MR) is 132 cm³/mol. The summed E-state index contributed by atoms with van der Waals surface area (Å²) in [5.74, 6) is 0.917. The van der Waals surface area contributed by atoms with E-state index in [2.05, 4.69) is 4.98 Å². The summed E-state index contributed by atoms with van der Waals surface area (Å²) in [6.07, 6.45) is 4.23. The van der Waals surface area contributed by atoms with Gasteiger partial charge < -0.3 is 18.6 Å². The zero-order valence-corrected chi connectivity index (χ0v) is 20.2. The highest BCUT2D eigenvalue weighted by atomic mass is 16.5. The number of aromatic nitrogens is 2. The molecule has 4 aromatic rings. The maximum Gasteiger partial charge on any atom is 0.329 e. The number of amides is 1. The van der Waals surface area contributed by atoms with E-state index in [0.29, 0.717) is 31.2 Å². The minimum atomic E-state index is -0.427. The lowest BCUT2D eigenvalue weighted by molar-refractivity contribution is -0.144. The average molecular weight is 472 g/mol. The van der Waals surface area contributed by atoms with E-state index in [1.807, 2.05) is 90.6 Å². The van der Waals surface area contributed by atoms with Gasteiger partial charge in [-0.3, -0.25) is 4.79 Å².